The first kappa shape index (κ1) is 21.1. The van der Waals surface area contributed by atoms with Crippen molar-refractivity contribution in [3.05, 3.63) is 80.5 Å². The average molecular weight is 474 g/mol. The van der Waals surface area contributed by atoms with Crippen LogP contribution in [0.5, 0.6) is 0 Å². The Hall–Kier alpha value is -2.57. The lowest BCUT2D eigenvalue weighted by molar-refractivity contribution is -0.119. The van der Waals surface area contributed by atoms with Gasteiger partial charge in [-0.15, -0.1) is 0 Å². The maximum absolute atomic E-state index is 12.0. The van der Waals surface area contributed by atoms with E-state index in [9.17, 15) is 4.79 Å². The van der Waals surface area contributed by atoms with Gasteiger partial charge in [0, 0.05) is 37.8 Å². The number of amides is 1. The molecule has 29 heavy (non-hydrogen) atoms. The molecule has 0 aliphatic rings. The van der Waals surface area contributed by atoms with Crippen LogP contribution in [0.1, 0.15) is 22.5 Å². The van der Waals surface area contributed by atoms with E-state index >= 15 is 0 Å². The predicted octanol–water partition coefficient (Wildman–Crippen LogP) is 5.38. The van der Waals surface area contributed by atoms with Gasteiger partial charge in [-0.05, 0) is 68.8 Å². The van der Waals surface area contributed by atoms with Gasteiger partial charge in [-0.1, -0.05) is 33.6 Å². The number of hydrazone groups is 1. The number of nitrogens with one attached hydrogen (secondary N) is 2. The van der Waals surface area contributed by atoms with Crippen molar-refractivity contribution < 1.29 is 4.79 Å². The molecule has 0 bridgehead atoms. The molecule has 0 aliphatic heterocycles. The highest BCUT2D eigenvalue weighted by atomic mass is 79.9. The molecule has 0 unspecified atom stereocenters. The smallest absolute Gasteiger partial charge is 0.259 e. The maximum Gasteiger partial charge on any atom is 0.259 e. The van der Waals surface area contributed by atoms with Crippen LogP contribution in [0.2, 0.25) is 5.02 Å². The highest BCUT2D eigenvalue weighted by Crippen LogP contribution is 2.24. The molecule has 1 amide bonds. The number of carbonyl (C=O) groups is 1. The summed E-state index contributed by atoms with van der Waals surface area (Å²) in [5.41, 5.74) is 8.48. The summed E-state index contributed by atoms with van der Waals surface area (Å²) in [5.74, 6) is -0.219. The van der Waals surface area contributed by atoms with Crippen LogP contribution in [0.4, 0.5) is 5.69 Å². The molecule has 1 aromatic heterocycles. The zero-order valence-electron chi connectivity index (χ0n) is 16.5. The third-order valence-corrected chi connectivity index (χ3v) is 5.51. The highest BCUT2D eigenvalue weighted by Gasteiger charge is 2.10. The molecule has 2 N–H and O–H groups in total. The van der Waals surface area contributed by atoms with Crippen molar-refractivity contribution in [1.82, 2.24) is 9.99 Å². The van der Waals surface area contributed by atoms with Crippen LogP contribution in [0.25, 0.3) is 5.69 Å². The molecule has 0 radical (unpaired) electrons. The summed E-state index contributed by atoms with van der Waals surface area (Å²) >= 11 is 9.66. The first-order valence-corrected chi connectivity index (χ1v) is 10.3. The van der Waals surface area contributed by atoms with Gasteiger partial charge in [-0.25, -0.2) is 5.43 Å². The number of aromatic nitrogens is 1. The fourth-order valence-corrected chi connectivity index (χ4v) is 3.44. The fourth-order valence-electron chi connectivity index (χ4n) is 3.00. The monoisotopic (exact) mass is 472 g/mol. The van der Waals surface area contributed by atoms with Crippen LogP contribution in [0.3, 0.4) is 0 Å². The first-order valence-electron chi connectivity index (χ1n) is 9.12. The normalized spacial score (nSPS) is 11.1. The van der Waals surface area contributed by atoms with Gasteiger partial charge < -0.3 is 9.88 Å². The Kier molecular flexibility index (Phi) is 6.77. The van der Waals surface area contributed by atoms with Gasteiger partial charge in [0.2, 0.25) is 0 Å². The zero-order valence-corrected chi connectivity index (χ0v) is 18.8. The number of rotatable bonds is 6. The second-order valence-electron chi connectivity index (χ2n) is 6.75. The van der Waals surface area contributed by atoms with Gasteiger partial charge in [0.1, 0.15) is 0 Å². The molecule has 0 saturated carbocycles. The molecule has 150 valence electrons. The minimum atomic E-state index is -0.219. The van der Waals surface area contributed by atoms with Crippen LogP contribution in [0.15, 0.2) is 58.1 Å². The van der Waals surface area contributed by atoms with E-state index in [1.807, 2.05) is 69.3 Å². The lowest BCUT2D eigenvalue weighted by atomic mass is 10.2. The summed E-state index contributed by atoms with van der Waals surface area (Å²) in [4.78, 5) is 12.0. The number of nitrogens with zero attached hydrogens (tertiary/aromatic N) is 2. The van der Waals surface area contributed by atoms with Crippen molar-refractivity contribution in [2.24, 2.45) is 5.10 Å². The quantitative estimate of drug-likeness (QED) is 0.373. The molecule has 3 rings (SSSR count). The van der Waals surface area contributed by atoms with Crippen LogP contribution in [-0.2, 0) is 4.79 Å². The number of aryl methyl sites for hydroxylation is 2. The number of hydrogen-bond donors (Lipinski definition) is 2. The van der Waals surface area contributed by atoms with Gasteiger partial charge in [0.15, 0.2) is 0 Å². The Morgan fingerprint density at radius 2 is 1.86 bits per heavy atom. The Labute approximate surface area is 183 Å². The SMILES string of the molecule is Cc1ccc(-n2c(C)cc(/C=N\NC(=O)CNc3ccc(Br)cc3)c2C)cc1Cl. The second-order valence-corrected chi connectivity index (χ2v) is 8.07. The van der Waals surface area contributed by atoms with E-state index in [-0.39, 0.29) is 12.5 Å². The van der Waals surface area contributed by atoms with E-state index < -0.39 is 0 Å². The van der Waals surface area contributed by atoms with Gasteiger partial charge in [0.05, 0.1) is 12.8 Å². The number of halogens is 2. The highest BCUT2D eigenvalue weighted by molar-refractivity contribution is 9.10. The van der Waals surface area contributed by atoms with Crippen molar-refractivity contribution in [3.8, 4) is 5.69 Å². The molecule has 2 aromatic carbocycles. The number of carbonyl (C=O) groups excluding carboxylic acids is 1. The Balaban J connectivity index is 1.64. The Bertz CT molecular complexity index is 1060. The minimum Gasteiger partial charge on any atom is -0.376 e. The summed E-state index contributed by atoms with van der Waals surface area (Å²) in [6.45, 7) is 6.16. The van der Waals surface area contributed by atoms with E-state index in [1.165, 1.54) is 0 Å². The van der Waals surface area contributed by atoms with Crippen molar-refractivity contribution in [2.75, 3.05) is 11.9 Å². The van der Waals surface area contributed by atoms with E-state index in [0.717, 1.165) is 43.4 Å². The summed E-state index contributed by atoms with van der Waals surface area (Å²) in [7, 11) is 0. The molecule has 0 saturated heterocycles. The molecule has 0 atom stereocenters. The van der Waals surface area contributed by atoms with E-state index in [4.69, 9.17) is 11.6 Å². The standard InChI is InChI=1S/C22H22BrClN4O/c1-14-4-9-20(11-21(14)24)28-15(2)10-17(16(28)3)12-26-27-22(29)13-25-19-7-5-18(23)6-8-19/h4-12,25H,13H2,1-3H3,(H,27,29)/b26-12-. The molecule has 0 aliphatic carbocycles. The zero-order chi connectivity index (χ0) is 21.0. The minimum absolute atomic E-state index is 0.139. The van der Waals surface area contributed by atoms with Gasteiger partial charge >= 0.3 is 0 Å². The first-order chi connectivity index (χ1) is 13.8. The summed E-state index contributed by atoms with van der Waals surface area (Å²) in [6, 6.07) is 15.6. The predicted molar refractivity (Wildman–Crippen MR) is 123 cm³/mol. The summed E-state index contributed by atoms with van der Waals surface area (Å²) in [6.07, 6.45) is 1.66. The third-order valence-electron chi connectivity index (χ3n) is 4.57. The molecule has 0 fully saturated rings. The summed E-state index contributed by atoms with van der Waals surface area (Å²) < 4.78 is 3.10. The molecular weight excluding hydrogens is 452 g/mol. The van der Waals surface area contributed by atoms with E-state index in [2.05, 4.69) is 36.3 Å². The molecule has 3 aromatic rings. The van der Waals surface area contributed by atoms with E-state index in [0.29, 0.717) is 0 Å². The number of benzene rings is 2. The Morgan fingerprint density at radius 3 is 2.55 bits per heavy atom. The number of anilines is 1. The fraction of sp³-hybridized carbons (Fsp3) is 0.182. The van der Waals surface area contributed by atoms with Crippen LogP contribution < -0.4 is 10.7 Å². The largest absolute Gasteiger partial charge is 0.376 e. The second kappa shape index (κ2) is 9.29. The lowest BCUT2D eigenvalue weighted by Crippen LogP contribution is -2.25. The lowest BCUT2D eigenvalue weighted by Gasteiger charge is -2.11. The van der Waals surface area contributed by atoms with Crippen molar-refractivity contribution >= 4 is 45.3 Å². The molecule has 1 heterocycles. The average Bonchev–Trinajstić information content (AvgIpc) is 2.97. The van der Waals surface area contributed by atoms with Crippen molar-refractivity contribution in [1.29, 1.82) is 0 Å². The van der Waals surface area contributed by atoms with Crippen molar-refractivity contribution in [2.45, 2.75) is 20.8 Å². The Morgan fingerprint density at radius 1 is 1.14 bits per heavy atom. The van der Waals surface area contributed by atoms with Gasteiger partial charge in [-0.2, -0.15) is 5.10 Å². The topological polar surface area (TPSA) is 58.4 Å². The van der Waals surface area contributed by atoms with Gasteiger partial charge in [-0.3, -0.25) is 4.79 Å². The van der Waals surface area contributed by atoms with E-state index in [1.54, 1.807) is 6.21 Å². The number of hydrogen-bond acceptors (Lipinski definition) is 3. The van der Waals surface area contributed by atoms with Crippen LogP contribution >= 0.6 is 27.5 Å². The van der Waals surface area contributed by atoms with Gasteiger partial charge in [0.25, 0.3) is 5.91 Å². The van der Waals surface area contributed by atoms with Crippen LogP contribution in [0, 0.1) is 20.8 Å². The molecule has 7 heteroatoms. The summed E-state index contributed by atoms with van der Waals surface area (Å²) in [5, 5.41) is 7.88. The molecule has 5 nitrogen and oxygen atoms in total. The molecular formula is C22H22BrClN4O. The van der Waals surface area contributed by atoms with Crippen LogP contribution in [-0.4, -0.2) is 23.2 Å². The molecule has 0 spiro atoms. The third kappa shape index (κ3) is 5.28. The van der Waals surface area contributed by atoms with Crippen molar-refractivity contribution in [3.63, 3.8) is 0 Å². The maximum atomic E-state index is 12.0.